The number of rotatable bonds is 1. The van der Waals surface area contributed by atoms with Crippen LogP contribution in [0.2, 0.25) is 10.3 Å². The van der Waals surface area contributed by atoms with Gasteiger partial charge in [0.1, 0.15) is 10.3 Å². The molecule has 3 nitrogen and oxygen atoms in total. The van der Waals surface area contributed by atoms with Crippen LogP contribution in [0.25, 0.3) is 21.6 Å². The minimum atomic E-state index is 0.325. The van der Waals surface area contributed by atoms with Crippen LogP contribution in [-0.4, -0.2) is 15.0 Å². The SMILES string of the molecule is Clc1cc(Cl)nc(-c2cnc3ccsc3c2)n1. The van der Waals surface area contributed by atoms with Crippen molar-refractivity contribution in [3.8, 4) is 11.4 Å². The van der Waals surface area contributed by atoms with E-state index in [9.17, 15) is 0 Å². The fourth-order valence-electron chi connectivity index (χ4n) is 1.49. The lowest BCUT2D eigenvalue weighted by atomic mass is 10.2. The average Bonchev–Trinajstić information content (AvgIpc) is 2.74. The van der Waals surface area contributed by atoms with Crippen LogP contribution in [0.5, 0.6) is 0 Å². The molecule has 0 bridgehead atoms. The molecule has 0 aromatic carbocycles. The highest BCUT2D eigenvalue weighted by Gasteiger charge is 2.07. The first-order valence-corrected chi connectivity index (χ1v) is 6.39. The largest absolute Gasteiger partial charge is 0.255 e. The Morgan fingerprint density at radius 3 is 2.59 bits per heavy atom. The van der Waals surface area contributed by atoms with Gasteiger partial charge in [-0.3, -0.25) is 4.98 Å². The van der Waals surface area contributed by atoms with Crippen molar-refractivity contribution < 1.29 is 0 Å². The van der Waals surface area contributed by atoms with Crippen LogP contribution >= 0.6 is 34.5 Å². The predicted octanol–water partition coefficient (Wildman–Crippen LogP) is 4.06. The summed E-state index contributed by atoms with van der Waals surface area (Å²) in [6, 6.07) is 5.45. The van der Waals surface area contributed by atoms with Crippen molar-refractivity contribution in [3.63, 3.8) is 0 Å². The number of nitrogens with zero attached hydrogens (tertiary/aromatic N) is 3. The molecule has 3 aromatic heterocycles. The molecule has 6 heteroatoms. The van der Waals surface area contributed by atoms with Gasteiger partial charge in [-0.25, -0.2) is 9.97 Å². The molecule has 0 aliphatic heterocycles. The zero-order chi connectivity index (χ0) is 11.8. The minimum absolute atomic E-state index is 0.325. The summed E-state index contributed by atoms with van der Waals surface area (Å²) in [6.45, 7) is 0. The lowest BCUT2D eigenvalue weighted by Crippen LogP contribution is -1.90. The highest BCUT2D eigenvalue weighted by Crippen LogP contribution is 2.25. The van der Waals surface area contributed by atoms with Gasteiger partial charge < -0.3 is 0 Å². The van der Waals surface area contributed by atoms with E-state index in [1.807, 2.05) is 17.5 Å². The van der Waals surface area contributed by atoms with E-state index >= 15 is 0 Å². The molecule has 0 saturated heterocycles. The first-order chi connectivity index (χ1) is 8.22. The highest BCUT2D eigenvalue weighted by atomic mass is 35.5. The van der Waals surface area contributed by atoms with Crippen LogP contribution in [0.15, 0.2) is 29.8 Å². The molecule has 0 aliphatic carbocycles. The number of halogens is 2. The van der Waals surface area contributed by atoms with E-state index in [4.69, 9.17) is 23.2 Å². The van der Waals surface area contributed by atoms with Gasteiger partial charge in [-0.1, -0.05) is 23.2 Å². The number of hydrogen-bond donors (Lipinski definition) is 0. The third-order valence-corrected chi connectivity index (χ3v) is 3.46. The highest BCUT2D eigenvalue weighted by molar-refractivity contribution is 7.17. The molecule has 0 radical (unpaired) electrons. The zero-order valence-corrected chi connectivity index (χ0v) is 10.7. The monoisotopic (exact) mass is 281 g/mol. The predicted molar refractivity (Wildman–Crippen MR) is 70.7 cm³/mol. The van der Waals surface area contributed by atoms with Crippen molar-refractivity contribution in [3.05, 3.63) is 40.1 Å². The van der Waals surface area contributed by atoms with Gasteiger partial charge in [0.2, 0.25) is 0 Å². The molecule has 0 spiro atoms. The van der Waals surface area contributed by atoms with Gasteiger partial charge in [0, 0.05) is 17.8 Å². The van der Waals surface area contributed by atoms with Gasteiger partial charge in [-0.15, -0.1) is 11.3 Å². The van der Waals surface area contributed by atoms with Gasteiger partial charge in [0.15, 0.2) is 5.82 Å². The fourth-order valence-corrected chi connectivity index (χ4v) is 2.69. The maximum Gasteiger partial charge on any atom is 0.164 e. The van der Waals surface area contributed by atoms with Crippen LogP contribution in [0, 0.1) is 0 Å². The van der Waals surface area contributed by atoms with E-state index in [1.165, 1.54) is 6.07 Å². The summed E-state index contributed by atoms with van der Waals surface area (Å²) < 4.78 is 1.09. The van der Waals surface area contributed by atoms with Gasteiger partial charge in [0.25, 0.3) is 0 Å². The standard InChI is InChI=1S/C11H5Cl2N3S/c12-9-4-10(13)16-11(15-9)6-3-8-7(14-5-6)1-2-17-8/h1-5H. The summed E-state index contributed by atoms with van der Waals surface area (Å²) in [5.74, 6) is 0.491. The molecule has 0 fully saturated rings. The molecule has 0 N–H and O–H groups in total. The normalized spacial score (nSPS) is 10.9. The summed E-state index contributed by atoms with van der Waals surface area (Å²) in [4.78, 5) is 12.6. The molecule has 0 aliphatic rings. The Hall–Kier alpha value is -1.23. The maximum absolute atomic E-state index is 5.84. The van der Waals surface area contributed by atoms with E-state index in [-0.39, 0.29) is 0 Å². The number of hydrogen-bond acceptors (Lipinski definition) is 4. The van der Waals surface area contributed by atoms with Crippen LogP contribution in [0.4, 0.5) is 0 Å². The van der Waals surface area contributed by atoms with Crippen molar-refractivity contribution in [1.82, 2.24) is 15.0 Å². The second kappa shape index (κ2) is 4.22. The van der Waals surface area contributed by atoms with E-state index in [1.54, 1.807) is 17.5 Å². The van der Waals surface area contributed by atoms with Crippen LogP contribution in [0.1, 0.15) is 0 Å². The van der Waals surface area contributed by atoms with Crippen molar-refractivity contribution in [1.29, 1.82) is 0 Å². The molecule has 17 heavy (non-hydrogen) atoms. The van der Waals surface area contributed by atoms with E-state index in [2.05, 4.69) is 15.0 Å². The van der Waals surface area contributed by atoms with Crippen molar-refractivity contribution >= 4 is 44.8 Å². The first kappa shape index (κ1) is 10.9. The fraction of sp³-hybridized carbons (Fsp3) is 0. The summed E-state index contributed by atoms with van der Waals surface area (Å²) in [5, 5.41) is 2.64. The lowest BCUT2D eigenvalue weighted by molar-refractivity contribution is 1.17. The van der Waals surface area contributed by atoms with Crippen molar-refractivity contribution in [2.24, 2.45) is 0 Å². The Bertz CT molecular complexity index is 676. The average molecular weight is 282 g/mol. The number of pyridine rings is 1. The molecule has 0 amide bonds. The number of thiophene rings is 1. The first-order valence-electron chi connectivity index (χ1n) is 4.76. The smallest absolute Gasteiger partial charge is 0.164 e. The summed E-state index contributed by atoms with van der Waals surface area (Å²) in [5.41, 5.74) is 1.77. The maximum atomic E-state index is 5.84. The summed E-state index contributed by atoms with van der Waals surface area (Å²) in [7, 11) is 0. The van der Waals surface area contributed by atoms with Gasteiger partial charge in [0.05, 0.1) is 10.2 Å². The van der Waals surface area contributed by atoms with Crippen molar-refractivity contribution in [2.45, 2.75) is 0 Å². The third-order valence-electron chi connectivity index (χ3n) is 2.22. The minimum Gasteiger partial charge on any atom is -0.255 e. The van der Waals surface area contributed by atoms with Crippen LogP contribution in [0.3, 0.4) is 0 Å². The molecule has 3 heterocycles. The lowest BCUT2D eigenvalue weighted by Gasteiger charge is -2.01. The summed E-state index contributed by atoms with van der Waals surface area (Å²) >= 11 is 13.3. The zero-order valence-electron chi connectivity index (χ0n) is 8.39. The van der Waals surface area contributed by atoms with Gasteiger partial charge >= 0.3 is 0 Å². The van der Waals surface area contributed by atoms with Gasteiger partial charge in [-0.05, 0) is 17.5 Å². The summed E-state index contributed by atoms with van der Waals surface area (Å²) in [6.07, 6.45) is 1.72. The molecule has 3 aromatic rings. The quantitative estimate of drug-likeness (QED) is 0.632. The number of fused-ring (bicyclic) bond motifs is 1. The second-order valence-electron chi connectivity index (χ2n) is 3.36. The molecule has 3 rings (SSSR count). The van der Waals surface area contributed by atoms with Gasteiger partial charge in [-0.2, -0.15) is 0 Å². The topological polar surface area (TPSA) is 38.7 Å². The molecule has 0 atom stereocenters. The third kappa shape index (κ3) is 2.11. The van der Waals surface area contributed by atoms with E-state index in [0.29, 0.717) is 16.1 Å². The Balaban J connectivity index is 2.19. The van der Waals surface area contributed by atoms with Crippen molar-refractivity contribution in [2.75, 3.05) is 0 Å². The van der Waals surface area contributed by atoms with Crippen LogP contribution < -0.4 is 0 Å². The Kier molecular flexibility index (Phi) is 2.70. The molecule has 0 unspecified atom stereocenters. The Morgan fingerprint density at radius 1 is 1.06 bits per heavy atom. The number of aromatic nitrogens is 3. The molecule has 84 valence electrons. The van der Waals surface area contributed by atoms with E-state index < -0.39 is 0 Å². The second-order valence-corrected chi connectivity index (χ2v) is 5.09. The molecule has 0 saturated carbocycles. The molecular formula is C11H5Cl2N3S. The Morgan fingerprint density at radius 2 is 1.82 bits per heavy atom. The molecular weight excluding hydrogens is 277 g/mol. The van der Waals surface area contributed by atoms with Crippen LogP contribution in [-0.2, 0) is 0 Å². The van der Waals surface area contributed by atoms with E-state index in [0.717, 1.165) is 15.8 Å². The Labute approximate surface area is 111 Å².